The summed E-state index contributed by atoms with van der Waals surface area (Å²) in [5.41, 5.74) is 0.462. The number of phenolic OH excluding ortho intramolecular Hbond substituents is 1. The van der Waals surface area contributed by atoms with E-state index in [2.05, 4.69) is 5.32 Å². The third-order valence-electron chi connectivity index (χ3n) is 3.33. The first-order valence-corrected chi connectivity index (χ1v) is 7.59. The molecule has 4 nitrogen and oxygen atoms in total. The van der Waals surface area contributed by atoms with Gasteiger partial charge in [0, 0.05) is 12.1 Å². The average Bonchev–Trinajstić information content (AvgIpc) is 2.45. The molecule has 5 heteroatoms. The van der Waals surface area contributed by atoms with E-state index in [1.165, 1.54) is 37.5 Å². The zero-order chi connectivity index (χ0) is 13.7. The third-order valence-corrected chi connectivity index (χ3v) is 4.38. The second-order valence-corrected chi connectivity index (χ2v) is 5.88. The Balaban J connectivity index is 1.90. The molecule has 0 radical (unpaired) electrons. The highest BCUT2D eigenvalue weighted by atomic mass is 32.2. The minimum absolute atomic E-state index is 0.00998. The van der Waals surface area contributed by atoms with Crippen LogP contribution >= 0.6 is 11.8 Å². The molecule has 0 unspecified atom stereocenters. The van der Waals surface area contributed by atoms with Crippen molar-refractivity contribution in [3.63, 3.8) is 0 Å². The number of rotatable bonds is 4. The molecule has 0 atom stereocenters. The summed E-state index contributed by atoms with van der Waals surface area (Å²) in [6.07, 6.45) is 2.33. The van der Waals surface area contributed by atoms with Crippen LogP contribution in [0.15, 0.2) is 18.2 Å². The van der Waals surface area contributed by atoms with Crippen LogP contribution < -0.4 is 10.1 Å². The minimum Gasteiger partial charge on any atom is -0.504 e. The fourth-order valence-corrected chi connectivity index (χ4v) is 3.32. The van der Waals surface area contributed by atoms with Crippen molar-refractivity contribution >= 4 is 17.7 Å². The van der Waals surface area contributed by atoms with Gasteiger partial charge in [-0.1, -0.05) is 0 Å². The monoisotopic (exact) mass is 281 g/mol. The van der Waals surface area contributed by atoms with Crippen LogP contribution in [0.3, 0.4) is 0 Å². The first-order chi connectivity index (χ1) is 9.20. The third kappa shape index (κ3) is 3.80. The smallest absolute Gasteiger partial charge is 0.251 e. The molecule has 1 aliphatic rings. The zero-order valence-corrected chi connectivity index (χ0v) is 11.8. The Kier molecular flexibility index (Phi) is 4.96. The van der Waals surface area contributed by atoms with Crippen molar-refractivity contribution in [1.82, 2.24) is 5.32 Å². The van der Waals surface area contributed by atoms with Crippen LogP contribution in [0.25, 0.3) is 0 Å². The van der Waals surface area contributed by atoms with Crippen LogP contribution in [0, 0.1) is 5.92 Å². The molecule has 19 heavy (non-hydrogen) atoms. The van der Waals surface area contributed by atoms with Gasteiger partial charge in [0.05, 0.1) is 7.11 Å². The first-order valence-electron chi connectivity index (χ1n) is 6.43. The van der Waals surface area contributed by atoms with Crippen molar-refractivity contribution < 1.29 is 14.6 Å². The van der Waals surface area contributed by atoms with E-state index in [0.717, 1.165) is 0 Å². The number of thioether (sulfide) groups is 1. The van der Waals surface area contributed by atoms with Crippen molar-refractivity contribution in [1.29, 1.82) is 0 Å². The standard InChI is InChI=1S/C14H19NO3S/c1-18-13-3-2-11(8-12(13)16)14(17)15-9-10-4-6-19-7-5-10/h2-3,8,10,16H,4-7,9H2,1H3,(H,15,17). The fraction of sp³-hybridized carbons (Fsp3) is 0.500. The Hall–Kier alpha value is -1.36. The number of aromatic hydroxyl groups is 1. The number of carbonyl (C=O) groups excluding carboxylic acids is 1. The topological polar surface area (TPSA) is 58.6 Å². The normalized spacial score (nSPS) is 16.1. The number of nitrogens with one attached hydrogen (secondary N) is 1. The van der Waals surface area contributed by atoms with Gasteiger partial charge in [0.2, 0.25) is 0 Å². The molecule has 0 spiro atoms. The molecule has 1 amide bonds. The number of benzene rings is 1. The van der Waals surface area contributed by atoms with E-state index in [1.54, 1.807) is 12.1 Å². The van der Waals surface area contributed by atoms with E-state index < -0.39 is 0 Å². The number of phenols is 1. The lowest BCUT2D eigenvalue weighted by Gasteiger charge is -2.21. The number of hydrogen-bond donors (Lipinski definition) is 2. The molecule has 1 aromatic carbocycles. The zero-order valence-electron chi connectivity index (χ0n) is 11.0. The number of amides is 1. The Bertz CT molecular complexity index is 444. The van der Waals surface area contributed by atoms with E-state index in [4.69, 9.17) is 4.74 Å². The van der Waals surface area contributed by atoms with Gasteiger partial charge in [0.25, 0.3) is 5.91 Å². The highest BCUT2D eigenvalue weighted by molar-refractivity contribution is 7.99. The van der Waals surface area contributed by atoms with E-state index in [0.29, 0.717) is 23.8 Å². The molecule has 1 saturated heterocycles. The Morgan fingerprint density at radius 1 is 1.47 bits per heavy atom. The minimum atomic E-state index is -0.142. The van der Waals surface area contributed by atoms with E-state index >= 15 is 0 Å². The Morgan fingerprint density at radius 3 is 2.84 bits per heavy atom. The predicted molar refractivity (Wildman–Crippen MR) is 77.0 cm³/mol. The predicted octanol–water partition coefficient (Wildman–Crippen LogP) is 2.27. The lowest BCUT2D eigenvalue weighted by Crippen LogP contribution is -2.30. The summed E-state index contributed by atoms with van der Waals surface area (Å²) in [5.74, 6) is 3.17. The maximum Gasteiger partial charge on any atom is 0.251 e. The van der Waals surface area contributed by atoms with Crippen LogP contribution in [0.2, 0.25) is 0 Å². The van der Waals surface area contributed by atoms with Crippen LogP contribution in [-0.4, -0.2) is 36.2 Å². The van der Waals surface area contributed by atoms with Crippen LogP contribution in [0.1, 0.15) is 23.2 Å². The molecule has 2 N–H and O–H groups in total. The number of carbonyl (C=O) groups is 1. The largest absolute Gasteiger partial charge is 0.504 e. The van der Waals surface area contributed by atoms with Gasteiger partial charge in [0.1, 0.15) is 0 Å². The van der Waals surface area contributed by atoms with Gasteiger partial charge in [-0.3, -0.25) is 4.79 Å². The summed E-state index contributed by atoms with van der Waals surface area (Å²) in [5, 5.41) is 12.6. The molecule has 1 aliphatic heterocycles. The maximum atomic E-state index is 12.0. The van der Waals surface area contributed by atoms with Crippen LogP contribution in [0.5, 0.6) is 11.5 Å². The summed E-state index contributed by atoms with van der Waals surface area (Å²) in [6, 6.07) is 4.69. The summed E-state index contributed by atoms with van der Waals surface area (Å²) >= 11 is 1.98. The molecule has 2 rings (SSSR count). The second kappa shape index (κ2) is 6.70. The summed E-state index contributed by atoms with van der Waals surface area (Å²) in [7, 11) is 1.48. The molecule has 1 heterocycles. The molecule has 0 aliphatic carbocycles. The maximum absolute atomic E-state index is 12.0. The summed E-state index contributed by atoms with van der Waals surface area (Å²) < 4.78 is 4.95. The molecular weight excluding hydrogens is 262 g/mol. The number of methoxy groups -OCH3 is 1. The first kappa shape index (κ1) is 14.1. The molecule has 0 bridgehead atoms. The van der Waals surface area contributed by atoms with E-state index in [1.807, 2.05) is 11.8 Å². The van der Waals surface area contributed by atoms with Gasteiger partial charge in [-0.25, -0.2) is 0 Å². The van der Waals surface area contributed by atoms with Gasteiger partial charge in [0.15, 0.2) is 11.5 Å². The van der Waals surface area contributed by atoms with Gasteiger partial charge < -0.3 is 15.2 Å². The lowest BCUT2D eigenvalue weighted by molar-refractivity contribution is 0.0946. The molecule has 1 aromatic rings. The van der Waals surface area contributed by atoms with Gasteiger partial charge >= 0.3 is 0 Å². The molecule has 0 saturated carbocycles. The van der Waals surface area contributed by atoms with E-state index in [-0.39, 0.29) is 11.7 Å². The lowest BCUT2D eigenvalue weighted by atomic mass is 10.0. The SMILES string of the molecule is COc1ccc(C(=O)NCC2CCSCC2)cc1O. The second-order valence-electron chi connectivity index (χ2n) is 4.65. The average molecular weight is 281 g/mol. The quantitative estimate of drug-likeness (QED) is 0.889. The molecular formula is C14H19NO3S. The van der Waals surface area contributed by atoms with Crippen molar-refractivity contribution in [2.75, 3.05) is 25.2 Å². The van der Waals surface area contributed by atoms with E-state index in [9.17, 15) is 9.90 Å². The van der Waals surface area contributed by atoms with Crippen molar-refractivity contribution in [3.8, 4) is 11.5 Å². The van der Waals surface area contributed by atoms with Gasteiger partial charge in [-0.15, -0.1) is 0 Å². The summed E-state index contributed by atoms with van der Waals surface area (Å²) in [6.45, 7) is 0.714. The van der Waals surface area contributed by atoms with Crippen molar-refractivity contribution in [2.24, 2.45) is 5.92 Å². The van der Waals surface area contributed by atoms with Crippen molar-refractivity contribution in [2.45, 2.75) is 12.8 Å². The van der Waals surface area contributed by atoms with Gasteiger partial charge in [-0.05, 0) is 48.5 Å². The Labute approximate surface area is 117 Å². The molecule has 104 valence electrons. The Morgan fingerprint density at radius 2 is 2.21 bits per heavy atom. The van der Waals surface area contributed by atoms with Gasteiger partial charge in [-0.2, -0.15) is 11.8 Å². The highest BCUT2D eigenvalue weighted by Crippen LogP contribution is 2.26. The highest BCUT2D eigenvalue weighted by Gasteiger charge is 2.15. The summed E-state index contributed by atoms with van der Waals surface area (Å²) in [4.78, 5) is 12.0. The van der Waals surface area contributed by atoms with Crippen LogP contribution in [0.4, 0.5) is 0 Å². The van der Waals surface area contributed by atoms with Crippen LogP contribution in [-0.2, 0) is 0 Å². The molecule has 1 fully saturated rings. The van der Waals surface area contributed by atoms with Crippen molar-refractivity contribution in [3.05, 3.63) is 23.8 Å². The number of ether oxygens (including phenoxy) is 1. The number of hydrogen-bond acceptors (Lipinski definition) is 4. The molecule has 0 aromatic heterocycles. The fourth-order valence-electron chi connectivity index (χ4n) is 2.12.